The summed E-state index contributed by atoms with van der Waals surface area (Å²) in [7, 11) is -3.21. The second-order valence-corrected chi connectivity index (χ2v) is 9.22. The van der Waals surface area contributed by atoms with Crippen molar-refractivity contribution in [1.29, 1.82) is 0 Å². The van der Waals surface area contributed by atoms with E-state index in [4.69, 9.17) is 4.74 Å². The van der Waals surface area contributed by atoms with E-state index >= 15 is 0 Å². The lowest BCUT2D eigenvalue weighted by Crippen LogP contribution is -2.33. The lowest BCUT2D eigenvalue weighted by molar-refractivity contribution is -0.119. The number of nitrogens with zero attached hydrogens (tertiary/aromatic N) is 2. The van der Waals surface area contributed by atoms with E-state index in [-0.39, 0.29) is 19.0 Å². The van der Waals surface area contributed by atoms with E-state index in [1.54, 1.807) is 29.1 Å². The molecule has 3 rings (SSSR count). The number of nitrogens with one attached hydrogen (secondary N) is 2. The summed E-state index contributed by atoms with van der Waals surface area (Å²) in [5.41, 5.74) is 1.64. The number of ether oxygens (including phenoxy) is 1. The van der Waals surface area contributed by atoms with Crippen LogP contribution >= 0.6 is 0 Å². The molecule has 1 aliphatic rings. The molecule has 0 aliphatic carbocycles. The Morgan fingerprint density at radius 1 is 1.32 bits per heavy atom. The average Bonchev–Trinajstić information content (AvgIpc) is 3.29. The van der Waals surface area contributed by atoms with Gasteiger partial charge in [0.25, 0.3) is 0 Å². The fourth-order valence-corrected chi connectivity index (χ4v) is 3.77. The normalized spacial score (nSPS) is 16.4. The number of cyclic esters (lactones) is 1. The van der Waals surface area contributed by atoms with Gasteiger partial charge in [-0.25, -0.2) is 22.3 Å². The molecule has 11 heteroatoms. The van der Waals surface area contributed by atoms with Crippen molar-refractivity contribution < 1.29 is 27.1 Å². The van der Waals surface area contributed by atoms with Gasteiger partial charge in [-0.05, 0) is 42.7 Å². The summed E-state index contributed by atoms with van der Waals surface area (Å²) in [6.45, 7) is 2.13. The number of rotatable bonds is 9. The van der Waals surface area contributed by atoms with Crippen molar-refractivity contribution in [2.24, 2.45) is 0 Å². The zero-order valence-corrected chi connectivity index (χ0v) is 18.1. The summed E-state index contributed by atoms with van der Waals surface area (Å²) in [5, 5.41) is 2.60. The number of carbonyl (C=O) groups excluding carboxylic acids is 2. The minimum absolute atomic E-state index is 0.198. The number of aromatic nitrogens is 1. The van der Waals surface area contributed by atoms with Gasteiger partial charge in [0, 0.05) is 25.9 Å². The number of sulfonamides is 1. The molecule has 31 heavy (non-hydrogen) atoms. The van der Waals surface area contributed by atoms with Gasteiger partial charge in [0.2, 0.25) is 15.9 Å². The van der Waals surface area contributed by atoms with Crippen molar-refractivity contribution in [1.82, 2.24) is 14.6 Å². The highest BCUT2D eigenvalue weighted by atomic mass is 32.2. The van der Waals surface area contributed by atoms with Crippen LogP contribution < -0.4 is 14.9 Å². The van der Waals surface area contributed by atoms with E-state index in [9.17, 15) is 22.4 Å². The third kappa shape index (κ3) is 6.28. The number of amides is 2. The molecule has 0 spiro atoms. The minimum Gasteiger partial charge on any atom is -0.442 e. The van der Waals surface area contributed by atoms with E-state index in [0.29, 0.717) is 30.8 Å². The average molecular weight is 453 g/mol. The first-order valence-corrected chi connectivity index (χ1v) is 11.7. The van der Waals surface area contributed by atoms with Gasteiger partial charge in [0.05, 0.1) is 30.7 Å². The zero-order valence-electron chi connectivity index (χ0n) is 17.3. The molecule has 1 saturated heterocycles. The number of carbonyl (C=O) groups is 2. The Bertz CT molecular complexity index is 1070. The van der Waals surface area contributed by atoms with E-state index in [0.717, 1.165) is 11.8 Å². The maximum absolute atomic E-state index is 14.8. The first-order chi connectivity index (χ1) is 14.6. The van der Waals surface area contributed by atoms with E-state index in [2.05, 4.69) is 10.0 Å². The Hall–Kier alpha value is -2.92. The largest absolute Gasteiger partial charge is 0.442 e. The van der Waals surface area contributed by atoms with Crippen LogP contribution in [-0.2, 0) is 26.0 Å². The highest BCUT2D eigenvalue weighted by Gasteiger charge is 2.32. The number of benzene rings is 1. The third-order valence-corrected chi connectivity index (χ3v) is 5.46. The minimum atomic E-state index is -3.21. The van der Waals surface area contributed by atoms with Gasteiger partial charge < -0.3 is 14.6 Å². The molecule has 2 amide bonds. The molecule has 0 radical (unpaired) electrons. The molecule has 0 unspecified atom stereocenters. The summed E-state index contributed by atoms with van der Waals surface area (Å²) < 4.78 is 46.2. The van der Waals surface area contributed by atoms with Crippen LogP contribution in [0.25, 0.3) is 5.69 Å². The van der Waals surface area contributed by atoms with Gasteiger partial charge in [0.15, 0.2) is 0 Å². The fraction of sp³-hybridized carbons (Fsp3) is 0.400. The first-order valence-electron chi connectivity index (χ1n) is 9.76. The van der Waals surface area contributed by atoms with Crippen molar-refractivity contribution in [2.75, 3.05) is 30.8 Å². The zero-order chi connectivity index (χ0) is 22.6. The Labute approximate surface area is 180 Å². The van der Waals surface area contributed by atoms with Gasteiger partial charge >= 0.3 is 6.09 Å². The molecular formula is C20H25FN4O5S. The van der Waals surface area contributed by atoms with Gasteiger partial charge in [0.1, 0.15) is 11.9 Å². The summed E-state index contributed by atoms with van der Waals surface area (Å²) >= 11 is 0. The predicted molar refractivity (Wildman–Crippen MR) is 113 cm³/mol. The first kappa shape index (κ1) is 22.8. The monoisotopic (exact) mass is 452 g/mol. The molecule has 1 aliphatic heterocycles. The van der Waals surface area contributed by atoms with Crippen LogP contribution in [-0.4, -0.2) is 57.0 Å². The number of halogens is 1. The van der Waals surface area contributed by atoms with Crippen molar-refractivity contribution in [3.8, 4) is 5.69 Å². The number of anilines is 1. The number of hydrogen-bond donors (Lipinski definition) is 2. The second-order valence-electron chi connectivity index (χ2n) is 7.39. The summed E-state index contributed by atoms with van der Waals surface area (Å²) in [6, 6.07) is 6.33. The topological polar surface area (TPSA) is 110 Å². The number of hydrogen-bond acceptors (Lipinski definition) is 5. The van der Waals surface area contributed by atoms with Gasteiger partial charge in [-0.15, -0.1) is 0 Å². The van der Waals surface area contributed by atoms with Crippen molar-refractivity contribution in [3.63, 3.8) is 0 Å². The molecule has 1 atom stereocenters. The Morgan fingerprint density at radius 2 is 2.10 bits per heavy atom. The van der Waals surface area contributed by atoms with Gasteiger partial charge in [-0.3, -0.25) is 9.69 Å². The molecule has 1 fully saturated rings. The fourth-order valence-electron chi connectivity index (χ4n) is 3.26. The smallest absolute Gasteiger partial charge is 0.414 e. The molecule has 168 valence electrons. The highest BCUT2D eigenvalue weighted by molar-refractivity contribution is 7.88. The van der Waals surface area contributed by atoms with E-state index in [1.807, 2.05) is 6.07 Å². The van der Waals surface area contributed by atoms with Crippen molar-refractivity contribution in [2.45, 2.75) is 25.9 Å². The number of aryl methyl sites for hydroxylation is 1. The highest BCUT2D eigenvalue weighted by Crippen LogP contribution is 2.26. The van der Waals surface area contributed by atoms with Crippen LogP contribution in [0.3, 0.4) is 0 Å². The van der Waals surface area contributed by atoms with Gasteiger partial charge in [-0.2, -0.15) is 0 Å². The molecule has 9 nitrogen and oxygen atoms in total. The lowest BCUT2D eigenvalue weighted by atomic mass is 10.2. The van der Waals surface area contributed by atoms with E-state index in [1.165, 1.54) is 17.9 Å². The molecule has 1 aromatic heterocycles. The molecule has 2 N–H and O–H groups in total. The maximum atomic E-state index is 14.8. The second kappa shape index (κ2) is 9.48. The van der Waals surface area contributed by atoms with Gasteiger partial charge in [-0.1, -0.05) is 0 Å². The summed E-state index contributed by atoms with van der Waals surface area (Å²) in [4.78, 5) is 24.5. The molecule has 0 bridgehead atoms. The van der Waals surface area contributed by atoms with Crippen LogP contribution in [0.5, 0.6) is 0 Å². The predicted octanol–water partition coefficient (Wildman–Crippen LogP) is 1.56. The van der Waals surface area contributed by atoms with Crippen LogP contribution in [0.4, 0.5) is 14.9 Å². The standard InChI is InChI=1S/C20H25FN4O5S/c1-14(26)22-11-17-13-25(20(27)30-17)16-5-6-19(18(21)10-16)24-9-7-15(12-24)4-3-8-23-31(2,28)29/h5-7,9-10,12,17,23H,3-4,8,11,13H2,1-2H3,(H,22,26)/t17-/m0/s1. The molecule has 1 aromatic carbocycles. The van der Waals surface area contributed by atoms with E-state index < -0.39 is 28.0 Å². The third-order valence-electron chi connectivity index (χ3n) is 4.73. The summed E-state index contributed by atoms with van der Waals surface area (Å²) in [5.74, 6) is -0.723. The molecular weight excluding hydrogens is 427 g/mol. The summed E-state index contributed by atoms with van der Waals surface area (Å²) in [6.07, 6.45) is 4.80. The van der Waals surface area contributed by atoms with Crippen LogP contribution in [0.15, 0.2) is 36.7 Å². The molecule has 2 aromatic rings. The van der Waals surface area contributed by atoms with Crippen molar-refractivity contribution in [3.05, 3.63) is 48.0 Å². The molecule has 2 heterocycles. The van der Waals surface area contributed by atoms with Crippen LogP contribution in [0.2, 0.25) is 0 Å². The Morgan fingerprint density at radius 3 is 2.77 bits per heavy atom. The van der Waals surface area contributed by atoms with Crippen molar-refractivity contribution >= 4 is 27.7 Å². The lowest BCUT2D eigenvalue weighted by Gasteiger charge is -2.15. The van der Waals surface area contributed by atoms with Crippen LogP contribution in [0, 0.1) is 5.82 Å². The quantitative estimate of drug-likeness (QED) is 0.561. The molecule has 0 saturated carbocycles. The Kier molecular flexibility index (Phi) is 6.96. The SMILES string of the molecule is CC(=O)NC[C@H]1CN(c2ccc(-n3ccc(CCCNS(C)(=O)=O)c3)c(F)c2)C(=O)O1. The maximum Gasteiger partial charge on any atom is 0.414 e. The van der Waals surface area contributed by atoms with Crippen LogP contribution in [0.1, 0.15) is 18.9 Å². The Balaban J connectivity index is 1.63.